The molecule has 2 saturated carbocycles. The number of hydrogen-bond acceptors (Lipinski definition) is 2. The van der Waals surface area contributed by atoms with Gasteiger partial charge in [0.2, 0.25) is 0 Å². The van der Waals surface area contributed by atoms with Crippen LogP contribution in [0.25, 0.3) is 10.8 Å². The average Bonchev–Trinajstić information content (AvgIpc) is 3.37. The molecule has 2 heteroatoms. The van der Waals surface area contributed by atoms with Gasteiger partial charge in [-0.3, -0.25) is 0 Å². The van der Waals surface area contributed by atoms with Crippen molar-refractivity contribution in [3.8, 4) is 6.07 Å². The molecule has 20 heavy (non-hydrogen) atoms. The van der Waals surface area contributed by atoms with Crippen LogP contribution in [0.1, 0.15) is 31.2 Å². The maximum atomic E-state index is 9.28. The fraction of sp³-hybridized carbons (Fsp3) is 0.389. The van der Waals surface area contributed by atoms with Crippen LogP contribution in [0.4, 0.5) is 5.69 Å². The highest BCUT2D eigenvalue weighted by Crippen LogP contribution is 2.40. The van der Waals surface area contributed by atoms with E-state index in [4.69, 9.17) is 0 Å². The number of anilines is 1. The molecule has 0 saturated heterocycles. The third-order valence-electron chi connectivity index (χ3n) is 4.47. The Morgan fingerprint density at radius 2 is 1.75 bits per heavy atom. The zero-order chi connectivity index (χ0) is 13.5. The van der Waals surface area contributed by atoms with Gasteiger partial charge >= 0.3 is 0 Å². The summed E-state index contributed by atoms with van der Waals surface area (Å²) in [7, 11) is 0. The van der Waals surface area contributed by atoms with Crippen LogP contribution in [0.5, 0.6) is 0 Å². The van der Waals surface area contributed by atoms with Crippen LogP contribution in [-0.4, -0.2) is 12.6 Å². The van der Waals surface area contributed by atoms with Crippen LogP contribution in [0, 0.1) is 17.2 Å². The average molecular weight is 262 g/mol. The summed E-state index contributed by atoms with van der Waals surface area (Å²) < 4.78 is 0. The smallest absolute Gasteiger partial charge is 0.0998 e. The van der Waals surface area contributed by atoms with E-state index in [1.165, 1.54) is 43.3 Å². The molecular formula is C18H18N2. The second kappa shape index (κ2) is 4.52. The molecule has 0 aliphatic heterocycles. The topological polar surface area (TPSA) is 27.0 Å². The fourth-order valence-corrected chi connectivity index (χ4v) is 3.04. The third kappa shape index (κ3) is 2.04. The van der Waals surface area contributed by atoms with Gasteiger partial charge in [-0.15, -0.1) is 0 Å². The van der Waals surface area contributed by atoms with E-state index in [9.17, 15) is 5.26 Å². The highest BCUT2D eigenvalue weighted by molar-refractivity contribution is 5.98. The molecule has 0 heterocycles. The van der Waals surface area contributed by atoms with Gasteiger partial charge in [-0.25, -0.2) is 0 Å². The Labute approximate surface area is 119 Å². The van der Waals surface area contributed by atoms with Crippen LogP contribution in [-0.2, 0) is 0 Å². The molecular weight excluding hydrogens is 244 g/mol. The summed E-state index contributed by atoms with van der Waals surface area (Å²) in [5.74, 6) is 0.894. The van der Waals surface area contributed by atoms with Crippen LogP contribution in [0.2, 0.25) is 0 Å². The van der Waals surface area contributed by atoms with Crippen molar-refractivity contribution in [2.75, 3.05) is 11.4 Å². The monoisotopic (exact) mass is 262 g/mol. The van der Waals surface area contributed by atoms with Crippen LogP contribution < -0.4 is 4.90 Å². The molecule has 2 aromatic rings. The molecule has 0 spiro atoms. The minimum atomic E-state index is 0.729. The minimum absolute atomic E-state index is 0.729. The Morgan fingerprint density at radius 3 is 2.40 bits per heavy atom. The Kier molecular flexibility index (Phi) is 2.67. The largest absolute Gasteiger partial charge is 0.368 e. The Bertz CT molecular complexity index is 690. The van der Waals surface area contributed by atoms with Crippen molar-refractivity contribution in [3.63, 3.8) is 0 Å². The zero-order valence-corrected chi connectivity index (χ0v) is 11.5. The van der Waals surface area contributed by atoms with Gasteiger partial charge < -0.3 is 4.90 Å². The second-order valence-corrected chi connectivity index (χ2v) is 6.12. The predicted octanol–water partition coefficient (Wildman–Crippen LogP) is 4.09. The summed E-state index contributed by atoms with van der Waals surface area (Å²) >= 11 is 0. The lowest BCUT2D eigenvalue weighted by Crippen LogP contribution is -2.28. The van der Waals surface area contributed by atoms with Gasteiger partial charge in [0.1, 0.15) is 0 Å². The summed E-state index contributed by atoms with van der Waals surface area (Å²) in [4.78, 5) is 2.60. The van der Waals surface area contributed by atoms with E-state index >= 15 is 0 Å². The SMILES string of the molecule is N#Cc1ccc(N(CC2CC2)C2CC2)c2ccccc12. The van der Waals surface area contributed by atoms with Gasteiger partial charge in [0, 0.05) is 29.0 Å². The molecule has 2 nitrogen and oxygen atoms in total. The van der Waals surface area contributed by atoms with Gasteiger partial charge in [0.15, 0.2) is 0 Å². The maximum Gasteiger partial charge on any atom is 0.0998 e. The van der Waals surface area contributed by atoms with E-state index in [1.54, 1.807) is 0 Å². The third-order valence-corrected chi connectivity index (χ3v) is 4.47. The van der Waals surface area contributed by atoms with Crippen molar-refractivity contribution in [2.24, 2.45) is 5.92 Å². The Balaban J connectivity index is 1.83. The first-order valence-corrected chi connectivity index (χ1v) is 7.55. The van der Waals surface area contributed by atoms with Gasteiger partial charge in [-0.05, 0) is 43.7 Å². The van der Waals surface area contributed by atoms with Crippen molar-refractivity contribution in [2.45, 2.75) is 31.7 Å². The van der Waals surface area contributed by atoms with Gasteiger partial charge in [-0.2, -0.15) is 5.26 Å². The molecule has 2 aliphatic carbocycles. The second-order valence-electron chi connectivity index (χ2n) is 6.12. The quantitative estimate of drug-likeness (QED) is 0.829. The van der Waals surface area contributed by atoms with Crippen LogP contribution in [0.15, 0.2) is 36.4 Å². The maximum absolute atomic E-state index is 9.28. The molecule has 4 rings (SSSR count). The van der Waals surface area contributed by atoms with Crippen molar-refractivity contribution < 1.29 is 0 Å². The highest BCUT2D eigenvalue weighted by atomic mass is 15.2. The highest BCUT2D eigenvalue weighted by Gasteiger charge is 2.34. The van der Waals surface area contributed by atoms with E-state index in [-0.39, 0.29) is 0 Å². The first kappa shape index (κ1) is 11.8. The first-order valence-electron chi connectivity index (χ1n) is 7.55. The Morgan fingerprint density at radius 1 is 1.00 bits per heavy atom. The molecule has 0 bridgehead atoms. The van der Waals surface area contributed by atoms with Crippen molar-refractivity contribution >= 4 is 16.5 Å². The van der Waals surface area contributed by atoms with Crippen LogP contribution in [0.3, 0.4) is 0 Å². The predicted molar refractivity (Wildman–Crippen MR) is 81.8 cm³/mol. The number of hydrogen-bond donors (Lipinski definition) is 0. The lowest BCUT2D eigenvalue weighted by atomic mass is 10.0. The number of benzene rings is 2. The van der Waals surface area contributed by atoms with E-state index in [2.05, 4.69) is 35.2 Å². The summed E-state index contributed by atoms with van der Waals surface area (Å²) in [6, 6.07) is 15.5. The molecule has 0 radical (unpaired) electrons. The minimum Gasteiger partial charge on any atom is -0.368 e. The van der Waals surface area contributed by atoms with E-state index in [0.29, 0.717) is 0 Å². The number of fused-ring (bicyclic) bond motifs is 1. The molecule has 0 N–H and O–H groups in total. The summed E-state index contributed by atoms with van der Waals surface area (Å²) in [6.45, 7) is 1.20. The lowest BCUT2D eigenvalue weighted by molar-refractivity contribution is 0.721. The van der Waals surface area contributed by atoms with Gasteiger partial charge in [0.05, 0.1) is 11.6 Å². The molecule has 2 aromatic carbocycles. The summed E-state index contributed by atoms with van der Waals surface area (Å²) in [5.41, 5.74) is 2.11. The standard InChI is InChI=1S/C18H18N2/c19-11-14-7-10-18(17-4-2-1-3-16(14)17)20(15-8-9-15)12-13-5-6-13/h1-4,7,10,13,15H,5-6,8-9,12H2. The molecule has 2 aliphatic rings. The van der Waals surface area contributed by atoms with Crippen molar-refractivity contribution in [1.29, 1.82) is 5.26 Å². The zero-order valence-electron chi connectivity index (χ0n) is 11.5. The molecule has 0 amide bonds. The number of rotatable bonds is 4. The van der Waals surface area contributed by atoms with E-state index in [0.717, 1.165) is 22.9 Å². The molecule has 100 valence electrons. The van der Waals surface area contributed by atoms with E-state index < -0.39 is 0 Å². The lowest BCUT2D eigenvalue weighted by Gasteiger charge is -2.26. The van der Waals surface area contributed by atoms with Gasteiger partial charge in [0.25, 0.3) is 0 Å². The van der Waals surface area contributed by atoms with E-state index in [1.807, 2.05) is 12.1 Å². The number of nitriles is 1. The summed E-state index contributed by atoms with van der Waals surface area (Å²) in [5, 5.41) is 11.6. The van der Waals surface area contributed by atoms with Crippen molar-refractivity contribution in [3.05, 3.63) is 42.0 Å². The Hall–Kier alpha value is -2.01. The molecule has 0 aromatic heterocycles. The van der Waals surface area contributed by atoms with Crippen molar-refractivity contribution in [1.82, 2.24) is 0 Å². The van der Waals surface area contributed by atoms with Gasteiger partial charge in [-0.1, -0.05) is 24.3 Å². The molecule has 0 atom stereocenters. The first-order chi connectivity index (χ1) is 9.86. The fourth-order valence-electron chi connectivity index (χ4n) is 3.04. The van der Waals surface area contributed by atoms with Crippen LogP contribution >= 0.6 is 0 Å². The normalized spacial score (nSPS) is 17.9. The molecule has 2 fully saturated rings. The molecule has 0 unspecified atom stereocenters. The summed E-state index contributed by atoms with van der Waals surface area (Å²) in [6.07, 6.45) is 5.41. The number of nitrogens with zero attached hydrogens (tertiary/aromatic N) is 2.